The number of rotatable bonds is 6. The summed E-state index contributed by atoms with van der Waals surface area (Å²) >= 11 is 0. The molecule has 2 N–H and O–H groups in total. The molecular formula is C24H32N2O2. The highest BCUT2D eigenvalue weighted by Gasteiger charge is 2.16. The highest BCUT2D eigenvalue weighted by Crippen LogP contribution is 2.27. The van der Waals surface area contributed by atoms with Crippen LogP contribution in [0.15, 0.2) is 36.4 Å². The number of nitrogens with one attached hydrogen (secondary N) is 2. The van der Waals surface area contributed by atoms with Gasteiger partial charge in [0.25, 0.3) is 0 Å². The summed E-state index contributed by atoms with van der Waals surface area (Å²) < 4.78 is 0. The number of carbonyl (C=O) groups excluding carboxylic acids is 2. The van der Waals surface area contributed by atoms with Gasteiger partial charge in [-0.3, -0.25) is 9.59 Å². The Balaban J connectivity index is 1.89. The normalized spacial score (nSPS) is 11.2. The van der Waals surface area contributed by atoms with Crippen LogP contribution in [0.1, 0.15) is 55.5 Å². The van der Waals surface area contributed by atoms with Crippen molar-refractivity contribution < 1.29 is 9.59 Å². The van der Waals surface area contributed by atoms with Crippen molar-refractivity contribution in [1.29, 1.82) is 0 Å². The summed E-state index contributed by atoms with van der Waals surface area (Å²) in [6, 6.07) is 11.9. The summed E-state index contributed by atoms with van der Waals surface area (Å²) in [6.07, 6.45) is 1.16. The van der Waals surface area contributed by atoms with Gasteiger partial charge >= 0.3 is 0 Å². The molecule has 4 heteroatoms. The number of benzene rings is 2. The molecule has 0 radical (unpaired) electrons. The van der Waals surface area contributed by atoms with E-state index >= 15 is 0 Å². The molecule has 2 rings (SSSR count). The maximum absolute atomic E-state index is 12.2. The lowest BCUT2D eigenvalue weighted by Gasteiger charge is -2.22. The van der Waals surface area contributed by atoms with E-state index in [9.17, 15) is 9.59 Å². The molecular weight excluding hydrogens is 348 g/mol. The molecule has 0 saturated heterocycles. The zero-order valence-electron chi connectivity index (χ0n) is 17.9. The Kier molecular flexibility index (Phi) is 7.00. The van der Waals surface area contributed by atoms with E-state index in [-0.39, 0.29) is 17.2 Å². The largest absolute Gasteiger partial charge is 0.355 e. The topological polar surface area (TPSA) is 58.2 Å². The van der Waals surface area contributed by atoms with Gasteiger partial charge in [-0.25, -0.2) is 0 Å². The molecule has 0 spiro atoms. The van der Waals surface area contributed by atoms with Crippen molar-refractivity contribution in [1.82, 2.24) is 5.32 Å². The van der Waals surface area contributed by atoms with Gasteiger partial charge in [-0.2, -0.15) is 0 Å². The maximum Gasteiger partial charge on any atom is 0.224 e. The van der Waals surface area contributed by atoms with Gasteiger partial charge in [0.1, 0.15) is 0 Å². The number of aryl methyl sites for hydroxylation is 2. The predicted molar refractivity (Wildman–Crippen MR) is 116 cm³/mol. The van der Waals surface area contributed by atoms with E-state index in [1.165, 1.54) is 29.2 Å². The molecule has 0 aliphatic heterocycles. The Morgan fingerprint density at radius 2 is 1.54 bits per heavy atom. The van der Waals surface area contributed by atoms with Gasteiger partial charge in [0.05, 0.1) is 6.42 Å². The smallest absolute Gasteiger partial charge is 0.224 e. The van der Waals surface area contributed by atoms with Gasteiger partial charge in [0.15, 0.2) is 0 Å². The summed E-state index contributed by atoms with van der Waals surface area (Å²) in [5.41, 5.74) is 7.03. The van der Waals surface area contributed by atoms with Crippen molar-refractivity contribution in [2.45, 2.75) is 59.8 Å². The SMILES string of the molecule is CC(=O)Nc1ccc(CC(=O)NCCc2c(C)cc(C(C)(C)C)cc2C)cc1. The summed E-state index contributed by atoms with van der Waals surface area (Å²) in [5.74, 6) is -0.0968. The lowest BCUT2D eigenvalue weighted by molar-refractivity contribution is -0.120. The lowest BCUT2D eigenvalue weighted by Crippen LogP contribution is -2.27. The predicted octanol–water partition coefficient (Wildman–Crippen LogP) is 4.46. The Labute approximate surface area is 168 Å². The first-order valence-corrected chi connectivity index (χ1v) is 9.80. The van der Waals surface area contributed by atoms with Crippen LogP contribution in [0.25, 0.3) is 0 Å². The van der Waals surface area contributed by atoms with Gasteiger partial charge in [0.2, 0.25) is 11.8 Å². The molecule has 0 saturated carbocycles. The number of hydrogen-bond donors (Lipinski definition) is 2. The monoisotopic (exact) mass is 380 g/mol. The number of anilines is 1. The first kappa shape index (κ1) is 21.7. The van der Waals surface area contributed by atoms with Gasteiger partial charge in [0, 0.05) is 19.2 Å². The number of carbonyl (C=O) groups is 2. The van der Waals surface area contributed by atoms with Crippen molar-refractivity contribution in [2.24, 2.45) is 0 Å². The first-order chi connectivity index (χ1) is 13.1. The molecule has 2 aromatic rings. The molecule has 0 aromatic heterocycles. The second-order valence-corrected chi connectivity index (χ2v) is 8.49. The van der Waals surface area contributed by atoms with Crippen LogP contribution in [0.2, 0.25) is 0 Å². The Morgan fingerprint density at radius 1 is 0.964 bits per heavy atom. The average Bonchev–Trinajstić information content (AvgIpc) is 2.57. The van der Waals surface area contributed by atoms with Crippen molar-refractivity contribution >= 4 is 17.5 Å². The summed E-state index contributed by atoms with van der Waals surface area (Å²) in [5, 5.41) is 5.74. The minimum absolute atomic E-state index is 0.00824. The average molecular weight is 381 g/mol. The van der Waals surface area contributed by atoms with Crippen molar-refractivity contribution in [3.05, 3.63) is 64.2 Å². The molecule has 150 valence electrons. The van der Waals surface area contributed by atoms with Crippen LogP contribution in [0.4, 0.5) is 5.69 Å². The second-order valence-electron chi connectivity index (χ2n) is 8.49. The molecule has 4 nitrogen and oxygen atoms in total. The van der Waals surface area contributed by atoms with Gasteiger partial charge < -0.3 is 10.6 Å². The van der Waals surface area contributed by atoms with Crippen molar-refractivity contribution in [2.75, 3.05) is 11.9 Å². The van der Waals surface area contributed by atoms with E-state index in [1.807, 2.05) is 24.3 Å². The van der Waals surface area contributed by atoms with Crippen LogP contribution >= 0.6 is 0 Å². The molecule has 0 aliphatic carbocycles. The molecule has 0 atom stereocenters. The second kappa shape index (κ2) is 9.05. The van der Waals surface area contributed by atoms with Crippen LogP contribution in [0.5, 0.6) is 0 Å². The van der Waals surface area contributed by atoms with E-state index < -0.39 is 0 Å². The fraction of sp³-hybridized carbons (Fsp3) is 0.417. The van der Waals surface area contributed by atoms with Crippen LogP contribution in [-0.4, -0.2) is 18.4 Å². The minimum atomic E-state index is -0.105. The first-order valence-electron chi connectivity index (χ1n) is 9.80. The van der Waals surface area contributed by atoms with Gasteiger partial charge in [-0.15, -0.1) is 0 Å². The molecule has 0 heterocycles. The quantitative estimate of drug-likeness (QED) is 0.777. The molecule has 2 aromatic carbocycles. The molecule has 0 unspecified atom stereocenters. The number of hydrogen-bond acceptors (Lipinski definition) is 2. The third-order valence-electron chi connectivity index (χ3n) is 4.90. The van der Waals surface area contributed by atoms with E-state index in [0.29, 0.717) is 13.0 Å². The molecule has 2 amide bonds. The highest BCUT2D eigenvalue weighted by molar-refractivity contribution is 5.88. The van der Waals surface area contributed by atoms with E-state index in [0.717, 1.165) is 17.7 Å². The van der Waals surface area contributed by atoms with Gasteiger partial charge in [-0.1, -0.05) is 45.0 Å². The van der Waals surface area contributed by atoms with E-state index in [2.05, 4.69) is 57.4 Å². The van der Waals surface area contributed by atoms with E-state index in [4.69, 9.17) is 0 Å². The van der Waals surface area contributed by atoms with Crippen LogP contribution in [-0.2, 0) is 27.8 Å². The Morgan fingerprint density at radius 3 is 2.04 bits per heavy atom. The minimum Gasteiger partial charge on any atom is -0.355 e. The summed E-state index contributed by atoms with van der Waals surface area (Å²) in [6.45, 7) is 13.1. The van der Waals surface area contributed by atoms with Crippen molar-refractivity contribution in [3.8, 4) is 0 Å². The standard InChI is InChI=1S/C24H32N2O2/c1-16-13-20(24(4,5)6)14-17(2)22(16)11-12-25-23(28)15-19-7-9-21(10-8-19)26-18(3)27/h7-10,13-14H,11-12,15H2,1-6H3,(H,25,28)(H,26,27). The van der Waals surface area contributed by atoms with Crippen molar-refractivity contribution in [3.63, 3.8) is 0 Å². The molecule has 0 aliphatic rings. The Bertz CT molecular complexity index is 823. The fourth-order valence-corrected chi connectivity index (χ4v) is 3.30. The van der Waals surface area contributed by atoms with E-state index in [1.54, 1.807) is 0 Å². The third-order valence-corrected chi connectivity index (χ3v) is 4.90. The zero-order valence-corrected chi connectivity index (χ0v) is 17.9. The molecule has 0 fully saturated rings. The van der Waals surface area contributed by atoms with Crippen LogP contribution in [0.3, 0.4) is 0 Å². The Hall–Kier alpha value is -2.62. The summed E-state index contributed by atoms with van der Waals surface area (Å²) in [7, 11) is 0. The zero-order chi connectivity index (χ0) is 20.9. The van der Waals surface area contributed by atoms with Crippen LogP contribution < -0.4 is 10.6 Å². The van der Waals surface area contributed by atoms with Gasteiger partial charge in [-0.05, 0) is 65.6 Å². The number of amides is 2. The van der Waals surface area contributed by atoms with Crippen LogP contribution in [0, 0.1) is 13.8 Å². The summed E-state index contributed by atoms with van der Waals surface area (Å²) in [4.78, 5) is 23.3. The molecule has 28 heavy (non-hydrogen) atoms. The lowest BCUT2D eigenvalue weighted by atomic mass is 9.83. The third kappa shape index (κ3) is 6.22. The highest BCUT2D eigenvalue weighted by atomic mass is 16.2. The fourth-order valence-electron chi connectivity index (χ4n) is 3.30. The maximum atomic E-state index is 12.2. The molecule has 0 bridgehead atoms.